The van der Waals surface area contributed by atoms with Crippen LogP contribution >= 0.6 is 0 Å². The van der Waals surface area contributed by atoms with Crippen LogP contribution < -0.4 is 10.2 Å². The molecule has 3 rings (SSSR count). The quantitative estimate of drug-likeness (QED) is 0.824. The lowest BCUT2D eigenvalue weighted by molar-refractivity contribution is -0.00580. The highest BCUT2D eigenvalue weighted by atomic mass is 16.5. The predicted molar refractivity (Wildman–Crippen MR) is 64.9 cm³/mol. The molecule has 2 heterocycles. The van der Waals surface area contributed by atoms with Gasteiger partial charge >= 0.3 is 0 Å². The molecule has 3 nitrogen and oxygen atoms in total. The largest absolute Gasteiger partial charge is 0.378 e. The SMILES string of the molecule is CN1CCc2c(CNC3COC3)cccc21. The molecule has 1 fully saturated rings. The molecule has 1 saturated heterocycles. The number of benzene rings is 1. The summed E-state index contributed by atoms with van der Waals surface area (Å²) >= 11 is 0. The molecule has 0 amide bonds. The second-order valence-corrected chi connectivity index (χ2v) is 4.70. The Kier molecular flexibility index (Phi) is 2.58. The Balaban J connectivity index is 1.74. The van der Waals surface area contributed by atoms with Gasteiger partial charge in [-0.1, -0.05) is 12.1 Å². The van der Waals surface area contributed by atoms with E-state index >= 15 is 0 Å². The number of nitrogens with one attached hydrogen (secondary N) is 1. The van der Waals surface area contributed by atoms with Gasteiger partial charge in [-0.05, 0) is 23.6 Å². The van der Waals surface area contributed by atoms with E-state index in [0.29, 0.717) is 6.04 Å². The molecule has 0 saturated carbocycles. The molecule has 16 heavy (non-hydrogen) atoms. The highest BCUT2D eigenvalue weighted by Crippen LogP contribution is 2.29. The Bertz CT molecular complexity index is 388. The van der Waals surface area contributed by atoms with Crippen molar-refractivity contribution in [3.8, 4) is 0 Å². The number of rotatable bonds is 3. The van der Waals surface area contributed by atoms with E-state index in [-0.39, 0.29) is 0 Å². The Labute approximate surface area is 96.4 Å². The average Bonchev–Trinajstić information content (AvgIpc) is 2.60. The molecule has 0 unspecified atom stereocenters. The number of hydrogen-bond acceptors (Lipinski definition) is 3. The van der Waals surface area contributed by atoms with Gasteiger partial charge in [-0.25, -0.2) is 0 Å². The van der Waals surface area contributed by atoms with Crippen LogP contribution in [0.15, 0.2) is 18.2 Å². The van der Waals surface area contributed by atoms with Crippen LogP contribution in [-0.4, -0.2) is 32.8 Å². The first-order valence-electron chi connectivity index (χ1n) is 5.97. The molecule has 2 aliphatic rings. The zero-order valence-electron chi connectivity index (χ0n) is 9.70. The number of ether oxygens (including phenoxy) is 1. The molecule has 0 spiro atoms. The molecule has 1 aromatic carbocycles. The van der Waals surface area contributed by atoms with E-state index in [1.807, 2.05) is 0 Å². The molecule has 3 heteroatoms. The zero-order chi connectivity index (χ0) is 11.0. The van der Waals surface area contributed by atoms with Gasteiger partial charge in [0.15, 0.2) is 0 Å². The van der Waals surface area contributed by atoms with Gasteiger partial charge in [-0.15, -0.1) is 0 Å². The van der Waals surface area contributed by atoms with Gasteiger partial charge in [0, 0.05) is 25.8 Å². The van der Waals surface area contributed by atoms with Crippen LogP contribution in [0, 0.1) is 0 Å². The summed E-state index contributed by atoms with van der Waals surface area (Å²) in [6.45, 7) is 3.87. The van der Waals surface area contributed by atoms with Crippen LogP contribution in [0.2, 0.25) is 0 Å². The minimum absolute atomic E-state index is 0.565. The maximum Gasteiger partial charge on any atom is 0.0643 e. The van der Waals surface area contributed by atoms with E-state index in [1.54, 1.807) is 0 Å². The fourth-order valence-electron chi connectivity index (χ4n) is 2.44. The molecule has 2 aliphatic heterocycles. The Hall–Kier alpha value is -1.06. The second-order valence-electron chi connectivity index (χ2n) is 4.70. The van der Waals surface area contributed by atoms with E-state index in [4.69, 9.17) is 4.74 Å². The molecule has 0 aliphatic carbocycles. The summed E-state index contributed by atoms with van der Waals surface area (Å²) < 4.78 is 5.16. The maximum absolute atomic E-state index is 5.16. The van der Waals surface area contributed by atoms with E-state index < -0.39 is 0 Å². The molecule has 1 N–H and O–H groups in total. The zero-order valence-corrected chi connectivity index (χ0v) is 9.70. The predicted octanol–water partition coefficient (Wildman–Crippen LogP) is 1.17. The highest BCUT2D eigenvalue weighted by molar-refractivity contribution is 5.60. The fourth-order valence-corrected chi connectivity index (χ4v) is 2.44. The Morgan fingerprint density at radius 2 is 2.31 bits per heavy atom. The first-order valence-corrected chi connectivity index (χ1v) is 5.97. The fraction of sp³-hybridized carbons (Fsp3) is 0.538. The number of likely N-dealkylation sites (N-methyl/N-ethyl adjacent to an activating group) is 1. The van der Waals surface area contributed by atoms with Crippen molar-refractivity contribution in [1.82, 2.24) is 5.32 Å². The number of anilines is 1. The lowest BCUT2D eigenvalue weighted by Crippen LogP contribution is -2.45. The van der Waals surface area contributed by atoms with Crippen molar-refractivity contribution in [2.45, 2.75) is 19.0 Å². The van der Waals surface area contributed by atoms with Crippen molar-refractivity contribution in [3.05, 3.63) is 29.3 Å². The third-order valence-electron chi connectivity index (χ3n) is 3.58. The van der Waals surface area contributed by atoms with Crippen molar-refractivity contribution < 1.29 is 4.74 Å². The number of nitrogens with zero attached hydrogens (tertiary/aromatic N) is 1. The summed E-state index contributed by atoms with van der Waals surface area (Å²) in [6.07, 6.45) is 1.19. The summed E-state index contributed by atoms with van der Waals surface area (Å²) in [5, 5.41) is 3.54. The van der Waals surface area contributed by atoms with Crippen molar-refractivity contribution in [1.29, 1.82) is 0 Å². The average molecular weight is 218 g/mol. The first-order chi connectivity index (χ1) is 7.84. The van der Waals surface area contributed by atoms with Crippen molar-refractivity contribution in [3.63, 3.8) is 0 Å². The van der Waals surface area contributed by atoms with Crippen LogP contribution in [0.1, 0.15) is 11.1 Å². The molecular formula is C13H18N2O. The summed E-state index contributed by atoms with van der Waals surface area (Å²) in [5.41, 5.74) is 4.38. The van der Waals surface area contributed by atoms with Crippen molar-refractivity contribution in [2.24, 2.45) is 0 Å². The van der Waals surface area contributed by atoms with Gasteiger partial charge in [0.05, 0.1) is 19.3 Å². The van der Waals surface area contributed by atoms with Crippen LogP contribution in [0.4, 0.5) is 5.69 Å². The topological polar surface area (TPSA) is 24.5 Å². The van der Waals surface area contributed by atoms with E-state index in [1.165, 1.54) is 23.2 Å². The molecule has 0 aromatic heterocycles. The summed E-state index contributed by atoms with van der Waals surface area (Å²) in [7, 11) is 2.17. The molecule has 86 valence electrons. The van der Waals surface area contributed by atoms with Crippen LogP contribution in [-0.2, 0) is 17.7 Å². The third-order valence-corrected chi connectivity index (χ3v) is 3.58. The summed E-state index contributed by atoms with van der Waals surface area (Å²) in [5.74, 6) is 0. The number of fused-ring (bicyclic) bond motifs is 1. The molecule has 0 bridgehead atoms. The van der Waals surface area contributed by atoms with Gasteiger partial charge in [0.1, 0.15) is 0 Å². The van der Waals surface area contributed by atoms with Gasteiger partial charge in [0.2, 0.25) is 0 Å². The van der Waals surface area contributed by atoms with Crippen LogP contribution in [0.25, 0.3) is 0 Å². The summed E-state index contributed by atoms with van der Waals surface area (Å²) in [4.78, 5) is 2.34. The lowest BCUT2D eigenvalue weighted by Gasteiger charge is -2.27. The van der Waals surface area contributed by atoms with Gasteiger partial charge in [0.25, 0.3) is 0 Å². The third kappa shape index (κ3) is 1.70. The Morgan fingerprint density at radius 3 is 3.06 bits per heavy atom. The maximum atomic E-state index is 5.16. The van der Waals surface area contributed by atoms with Crippen molar-refractivity contribution in [2.75, 3.05) is 31.7 Å². The minimum atomic E-state index is 0.565. The normalized spacial score (nSPS) is 19.7. The summed E-state index contributed by atoms with van der Waals surface area (Å²) in [6, 6.07) is 7.19. The molecule has 0 radical (unpaired) electrons. The van der Waals surface area contributed by atoms with Gasteiger partial charge in [-0.2, -0.15) is 0 Å². The highest BCUT2D eigenvalue weighted by Gasteiger charge is 2.21. The van der Waals surface area contributed by atoms with E-state index in [2.05, 4.69) is 35.5 Å². The molecule has 0 atom stereocenters. The molecule has 1 aromatic rings. The van der Waals surface area contributed by atoms with E-state index in [0.717, 1.165) is 26.3 Å². The first kappa shape index (κ1) is 10.1. The van der Waals surface area contributed by atoms with Crippen LogP contribution in [0.5, 0.6) is 0 Å². The number of hydrogen-bond donors (Lipinski definition) is 1. The minimum Gasteiger partial charge on any atom is -0.378 e. The Morgan fingerprint density at radius 1 is 1.44 bits per heavy atom. The lowest BCUT2D eigenvalue weighted by atomic mass is 10.0. The monoisotopic (exact) mass is 218 g/mol. The smallest absolute Gasteiger partial charge is 0.0643 e. The standard InChI is InChI=1S/C13H18N2O/c1-15-6-5-12-10(3-2-4-13(12)15)7-14-11-8-16-9-11/h2-4,11,14H,5-9H2,1H3. The van der Waals surface area contributed by atoms with Crippen LogP contribution in [0.3, 0.4) is 0 Å². The molecular weight excluding hydrogens is 200 g/mol. The van der Waals surface area contributed by atoms with E-state index in [9.17, 15) is 0 Å². The van der Waals surface area contributed by atoms with Gasteiger partial charge in [-0.3, -0.25) is 0 Å². The van der Waals surface area contributed by atoms with Crippen molar-refractivity contribution >= 4 is 5.69 Å². The second kappa shape index (κ2) is 4.07. The van der Waals surface area contributed by atoms with Gasteiger partial charge < -0.3 is 15.0 Å².